The quantitative estimate of drug-likeness (QED) is 0.626. The van der Waals surface area contributed by atoms with Gasteiger partial charge in [-0.15, -0.1) is 0 Å². The number of aromatic nitrogens is 1. The normalized spacial score (nSPS) is 27.9. The van der Waals surface area contributed by atoms with Crippen molar-refractivity contribution in [3.63, 3.8) is 0 Å². The molecule has 1 aromatic heterocycles. The molecule has 2 aliphatic rings. The number of hydrogen-bond acceptors (Lipinski definition) is 1. The van der Waals surface area contributed by atoms with Crippen LogP contribution in [0.1, 0.15) is 66.6 Å². The number of pyridine rings is 1. The van der Waals surface area contributed by atoms with E-state index in [1.165, 1.54) is 37.1 Å². The summed E-state index contributed by atoms with van der Waals surface area (Å²) in [5.41, 5.74) is 7.56. The Morgan fingerprint density at radius 1 is 0.933 bits per heavy atom. The van der Waals surface area contributed by atoms with Crippen molar-refractivity contribution in [1.82, 2.24) is 4.98 Å². The van der Waals surface area contributed by atoms with E-state index in [9.17, 15) is 0 Å². The van der Waals surface area contributed by atoms with Crippen LogP contribution in [0.25, 0.3) is 0 Å². The van der Waals surface area contributed by atoms with E-state index in [0.717, 1.165) is 0 Å². The minimum Gasteiger partial charge on any atom is -0.257 e. The Labute approximate surface area is 91.9 Å². The van der Waals surface area contributed by atoms with Gasteiger partial charge in [0.1, 0.15) is 0 Å². The van der Waals surface area contributed by atoms with Crippen LogP contribution < -0.4 is 0 Å². The second-order valence-electron chi connectivity index (χ2n) is 5.34. The van der Waals surface area contributed by atoms with Gasteiger partial charge in [-0.25, -0.2) is 0 Å². The molecule has 0 saturated heterocycles. The van der Waals surface area contributed by atoms with Crippen LogP contribution in [0.2, 0.25) is 0 Å². The highest BCUT2D eigenvalue weighted by molar-refractivity contribution is 5.46. The van der Waals surface area contributed by atoms with Gasteiger partial charge in [0, 0.05) is 11.4 Å². The van der Waals surface area contributed by atoms with E-state index in [4.69, 9.17) is 4.98 Å². The molecule has 0 spiro atoms. The molecule has 0 bridgehead atoms. The van der Waals surface area contributed by atoms with Crippen LogP contribution in [-0.4, -0.2) is 4.98 Å². The lowest BCUT2D eigenvalue weighted by Gasteiger charge is -2.13. The highest BCUT2D eigenvalue weighted by Crippen LogP contribution is 2.40. The van der Waals surface area contributed by atoms with Crippen LogP contribution >= 0.6 is 0 Å². The Morgan fingerprint density at radius 3 is 1.87 bits per heavy atom. The zero-order valence-corrected chi connectivity index (χ0v) is 9.93. The van der Waals surface area contributed by atoms with Crippen LogP contribution in [0.4, 0.5) is 0 Å². The van der Waals surface area contributed by atoms with E-state index in [0.29, 0.717) is 11.8 Å². The molecule has 0 radical (unpaired) electrons. The second kappa shape index (κ2) is 3.07. The average Bonchev–Trinajstić information content (AvgIpc) is 2.75. The molecule has 1 heterocycles. The summed E-state index contributed by atoms with van der Waals surface area (Å²) in [6.45, 7) is 6.96. The molecule has 15 heavy (non-hydrogen) atoms. The molecular weight excluding hydrogens is 182 g/mol. The smallest absolute Gasteiger partial charge is 0.0470 e. The molecule has 1 aromatic rings. The molecular formula is C14H19N. The minimum absolute atomic E-state index is 0.691. The van der Waals surface area contributed by atoms with Crippen molar-refractivity contribution in [3.8, 4) is 0 Å². The summed E-state index contributed by atoms with van der Waals surface area (Å²) in [6, 6.07) is 0. The predicted molar refractivity (Wildman–Crippen MR) is 62.4 cm³/mol. The van der Waals surface area contributed by atoms with Gasteiger partial charge in [0.05, 0.1) is 0 Å². The lowest BCUT2D eigenvalue weighted by Crippen LogP contribution is -2.03. The fourth-order valence-corrected chi connectivity index (χ4v) is 3.27. The Hall–Kier alpha value is -0.850. The molecule has 0 fully saturated rings. The molecule has 0 unspecified atom stereocenters. The van der Waals surface area contributed by atoms with Gasteiger partial charge in [0.15, 0.2) is 0 Å². The fourth-order valence-electron chi connectivity index (χ4n) is 3.27. The van der Waals surface area contributed by atoms with E-state index in [-0.39, 0.29) is 0 Å². The highest BCUT2D eigenvalue weighted by atomic mass is 14.8. The average molecular weight is 201 g/mol. The van der Waals surface area contributed by atoms with Crippen molar-refractivity contribution >= 4 is 0 Å². The first-order valence-electron chi connectivity index (χ1n) is 6.20. The number of rotatable bonds is 0. The zero-order chi connectivity index (χ0) is 10.6. The maximum atomic E-state index is 4.96. The van der Waals surface area contributed by atoms with Gasteiger partial charge >= 0.3 is 0 Å². The Kier molecular flexibility index (Phi) is 1.92. The Bertz CT molecular complexity index is 384. The van der Waals surface area contributed by atoms with Gasteiger partial charge < -0.3 is 0 Å². The predicted octanol–water partition coefficient (Wildman–Crippen LogP) is 3.49. The van der Waals surface area contributed by atoms with E-state index in [1.54, 1.807) is 16.7 Å². The van der Waals surface area contributed by atoms with Gasteiger partial charge in [0.2, 0.25) is 0 Å². The van der Waals surface area contributed by atoms with Gasteiger partial charge in [0.25, 0.3) is 0 Å². The molecule has 0 amide bonds. The summed E-state index contributed by atoms with van der Waals surface area (Å²) in [4.78, 5) is 4.96. The van der Waals surface area contributed by atoms with Crippen LogP contribution in [0.15, 0.2) is 0 Å². The summed E-state index contributed by atoms with van der Waals surface area (Å²) in [6.07, 6.45) is 5.13. The SMILES string of the molecule is Cc1c2c(nc3c1CC[C@H]3C)[C@H](C)CC2. The van der Waals surface area contributed by atoms with E-state index in [2.05, 4.69) is 20.8 Å². The maximum absolute atomic E-state index is 4.96. The van der Waals surface area contributed by atoms with Crippen molar-refractivity contribution in [1.29, 1.82) is 0 Å². The molecule has 1 nitrogen and oxygen atoms in total. The van der Waals surface area contributed by atoms with Crippen molar-refractivity contribution in [2.24, 2.45) is 0 Å². The molecule has 0 aliphatic heterocycles. The number of fused-ring (bicyclic) bond motifs is 2. The minimum atomic E-state index is 0.691. The van der Waals surface area contributed by atoms with Gasteiger partial charge in [-0.05, 0) is 61.1 Å². The van der Waals surface area contributed by atoms with Crippen LogP contribution in [-0.2, 0) is 12.8 Å². The topological polar surface area (TPSA) is 12.9 Å². The zero-order valence-electron chi connectivity index (χ0n) is 9.93. The molecule has 2 aliphatic carbocycles. The summed E-state index contributed by atoms with van der Waals surface area (Å²) in [7, 11) is 0. The lowest BCUT2D eigenvalue weighted by molar-refractivity contribution is 0.702. The first kappa shape index (κ1) is 9.38. The summed E-state index contributed by atoms with van der Waals surface area (Å²) in [5, 5.41) is 0. The second-order valence-corrected chi connectivity index (χ2v) is 5.34. The summed E-state index contributed by atoms with van der Waals surface area (Å²) in [5.74, 6) is 1.38. The molecule has 2 atom stereocenters. The van der Waals surface area contributed by atoms with Gasteiger partial charge in [-0.1, -0.05) is 13.8 Å². The first-order valence-corrected chi connectivity index (χ1v) is 6.20. The van der Waals surface area contributed by atoms with Gasteiger partial charge in [-0.3, -0.25) is 4.98 Å². The van der Waals surface area contributed by atoms with Crippen molar-refractivity contribution < 1.29 is 0 Å². The first-order chi connectivity index (χ1) is 7.18. The number of nitrogens with zero attached hydrogens (tertiary/aromatic N) is 1. The molecule has 3 rings (SSSR count). The molecule has 0 saturated carbocycles. The highest BCUT2D eigenvalue weighted by Gasteiger charge is 2.29. The van der Waals surface area contributed by atoms with Crippen LogP contribution in [0.5, 0.6) is 0 Å². The van der Waals surface area contributed by atoms with Crippen LogP contribution in [0.3, 0.4) is 0 Å². The van der Waals surface area contributed by atoms with E-state index in [1.807, 2.05) is 0 Å². The van der Waals surface area contributed by atoms with E-state index < -0.39 is 0 Å². The third kappa shape index (κ3) is 1.18. The number of hydrogen-bond donors (Lipinski definition) is 0. The lowest BCUT2D eigenvalue weighted by atomic mass is 9.99. The fraction of sp³-hybridized carbons (Fsp3) is 0.643. The molecule has 1 heteroatoms. The molecule has 0 N–H and O–H groups in total. The largest absolute Gasteiger partial charge is 0.257 e. The Balaban J connectivity index is 2.24. The molecule has 80 valence electrons. The van der Waals surface area contributed by atoms with E-state index >= 15 is 0 Å². The standard InChI is InChI=1S/C14H19N/c1-8-4-6-11-10(3)12-7-5-9(2)14(12)15-13(8)11/h8-9H,4-7H2,1-3H3/t8-,9-/m1/s1. The third-order valence-corrected chi connectivity index (χ3v) is 4.35. The molecule has 0 aromatic carbocycles. The monoisotopic (exact) mass is 201 g/mol. The van der Waals surface area contributed by atoms with Gasteiger partial charge in [-0.2, -0.15) is 0 Å². The van der Waals surface area contributed by atoms with Crippen molar-refractivity contribution in [3.05, 3.63) is 28.1 Å². The summed E-state index contributed by atoms with van der Waals surface area (Å²) >= 11 is 0. The van der Waals surface area contributed by atoms with Crippen LogP contribution in [0, 0.1) is 6.92 Å². The maximum Gasteiger partial charge on any atom is 0.0470 e. The summed E-state index contributed by atoms with van der Waals surface area (Å²) < 4.78 is 0. The third-order valence-electron chi connectivity index (χ3n) is 4.35. The Morgan fingerprint density at radius 2 is 1.40 bits per heavy atom. The van der Waals surface area contributed by atoms with Crippen molar-refractivity contribution in [2.45, 2.75) is 58.3 Å². The van der Waals surface area contributed by atoms with Crippen molar-refractivity contribution in [2.75, 3.05) is 0 Å².